The quantitative estimate of drug-likeness (QED) is 0.684. The number of esters is 1. The summed E-state index contributed by atoms with van der Waals surface area (Å²) < 4.78 is 10.8. The van der Waals surface area contributed by atoms with Crippen LogP contribution >= 0.6 is 11.6 Å². The highest BCUT2D eigenvalue weighted by Crippen LogP contribution is 2.29. The summed E-state index contributed by atoms with van der Waals surface area (Å²) in [6, 6.07) is 13.7. The Hall–Kier alpha value is -3.06. The van der Waals surface area contributed by atoms with E-state index in [1.54, 1.807) is 47.4 Å². The van der Waals surface area contributed by atoms with Crippen molar-refractivity contribution in [2.24, 2.45) is 5.92 Å². The lowest BCUT2D eigenvalue weighted by Crippen LogP contribution is -2.42. The van der Waals surface area contributed by atoms with E-state index in [4.69, 9.17) is 21.1 Å². The SMILES string of the molecule is COc1ccc(NC(=O)[C@@H](OC(=O)[C@H]2CCCN(C(C)=O)C2)c2ccccc2)cc1Cl. The average molecular weight is 445 g/mol. The van der Waals surface area contributed by atoms with Crippen molar-refractivity contribution >= 4 is 35.1 Å². The number of carbonyl (C=O) groups is 3. The number of methoxy groups -OCH3 is 1. The third-order valence-corrected chi connectivity index (χ3v) is 5.49. The number of hydrogen-bond donors (Lipinski definition) is 1. The van der Waals surface area contributed by atoms with Gasteiger partial charge in [-0.1, -0.05) is 41.9 Å². The number of piperidine rings is 1. The number of hydrogen-bond acceptors (Lipinski definition) is 5. The van der Waals surface area contributed by atoms with Crippen molar-refractivity contribution in [2.45, 2.75) is 25.9 Å². The van der Waals surface area contributed by atoms with Crippen LogP contribution in [-0.4, -0.2) is 42.9 Å². The summed E-state index contributed by atoms with van der Waals surface area (Å²) in [7, 11) is 1.50. The topological polar surface area (TPSA) is 84.9 Å². The molecule has 1 saturated heterocycles. The second-order valence-corrected chi connectivity index (χ2v) is 7.78. The van der Waals surface area contributed by atoms with Gasteiger partial charge < -0.3 is 19.7 Å². The van der Waals surface area contributed by atoms with Gasteiger partial charge in [-0.05, 0) is 31.0 Å². The Morgan fingerprint density at radius 3 is 2.55 bits per heavy atom. The van der Waals surface area contributed by atoms with Crippen LogP contribution in [0.15, 0.2) is 48.5 Å². The molecule has 1 aliphatic heterocycles. The van der Waals surface area contributed by atoms with Crippen molar-refractivity contribution in [3.05, 3.63) is 59.1 Å². The van der Waals surface area contributed by atoms with Crippen LogP contribution in [-0.2, 0) is 19.1 Å². The van der Waals surface area contributed by atoms with Crippen LogP contribution in [0.3, 0.4) is 0 Å². The van der Waals surface area contributed by atoms with E-state index in [1.165, 1.54) is 14.0 Å². The summed E-state index contributed by atoms with van der Waals surface area (Å²) in [6.45, 7) is 2.40. The Kier molecular flexibility index (Phi) is 7.52. The van der Waals surface area contributed by atoms with Gasteiger partial charge in [-0.2, -0.15) is 0 Å². The van der Waals surface area contributed by atoms with E-state index >= 15 is 0 Å². The largest absolute Gasteiger partial charge is 0.495 e. The lowest BCUT2D eigenvalue weighted by molar-refractivity contribution is -0.161. The minimum Gasteiger partial charge on any atom is -0.495 e. The van der Waals surface area contributed by atoms with E-state index in [-0.39, 0.29) is 5.91 Å². The molecule has 0 spiro atoms. The average Bonchev–Trinajstić information content (AvgIpc) is 2.78. The maximum atomic E-state index is 13.0. The number of benzene rings is 2. The molecule has 164 valence electrons. The van der Waals surface area contributed by atoms with E-state index in [9.17, 15) is 14.4 Å². The Labute approximate surface area is 186 Å². The van der Waals surface area contributed by atoms with Gasteiger partial charge in [0.25, 0.3) is 5.91 Å². The molecule has 0 unspecified atom stereocenters. The third-order valence-electron chi connectivity index (χ3n) is 5.19. The van der Waals surface area contributed by atoms with E-state index in [1.807, 2.05) is 6.07 Å². The first-order valence-corrected chi connectivity index (χ1v) is 10.4. The number of nitrogens with one attached hydrogen (secondary N) is 1. The second-order valence-electron chi connectivity index (χ2n) is 7.37. The third kappa shape index (κ3) is 5.76. The summed E-state index contributed by atoms with van der Waals surface area (Å²) in [5.41, 5.74) is 1.00. The Bertz CT molecular complexity index is 950. The normalized spacial score (nSPS) is 16.9. The summed E-state index contributed by atoms with van der Waals surface area (Å²) in [6.07, 6.45) is 0.188. The fraction of sp³-hybridized carbons (Fsp3) is 0.348. The molecule has 31 heavy (non-hydrogen) atoms. The van der Waals surface area contributed by atoms with Gasteiger partial charge in [-0.15, -0.1) is 0 Å². The number of halogens is 1. The summed E-state index contributed by atoms with van der Waals surface area (Å²) in [5.74, 6) is -1.06. The zero-order valence-electron chi connectivity index (χ0n) is 17.5. The highest BCUT2D eigenvalue weighted by Gasteiger charge is 2.32. The van der Waals surface area contributed by atoms with Crippen molar-refractivity contribution in [3.8, 4) is 5.75 Å². The van der Waals surface area contributed by atoms with Crippen molar-refractivity contribution in [1.82, 2.24) is 4.90 Å². The van der Waals surface area contributed by atoms with Crippen LogP contribution in [0.2, 0.25) is 5.02 Å². The Morgan fingerprint density at radius 2 is 1.90 bits per heavy atom. The van der Waals surface area contributed by atoms with Crippen LogP contribution in [0, 0.1) is 5.92 Å². The van der Waals surface area contributed by atoms with E-state index in [0.29, 0.717) is 48.0 Å². The maximum Gasteiger partial charge on any atom is 0.311 e. The molecule has 2 aromatic carbocycles. The van der Waals surface area contributed by atoms with Gasteiger partial charge in [0, 0.05) is 31.3 Å². The van der Waals surface area contributed by atoms with Crippen LogP contribution < -0.4 is 10.1 Å². The molecular formula is C23H25ClN2O5. The van der Waals surface area contributed by atoms with Crippen LogP contribution in [0.4, 0.5) is 5.69 Å². The minimum atomic E-state index is -1.14. The van der Waals surface area contributed by atoms with Gasteiger partial charge in [-0.3, -0.25) is 14.4 Å². The first-order valence-electron chi connectivity index (χ1n) is 10.0. The van der Waals surface area contributed by atoms with Gasteiger partial charge in [0.15, 0.2) is 0 Å². The molecule has 1 fully saturated rings. The molecular weight excluding hydrogens is 420 g/mol. The molecule has 2 aromatic rings. The molecule has 2 amide bonds. The highest BCUT2D eigenvalue weighted by molar-refractivity contribution is 6.32. The summed E-state index contributed by atoms with van der Waals surface area (Å²) in [5, 5.41) is 3.09. The smallest absolute Gasteiger partial charge is 0.311 e. The molecule has 0 aromatic heterocycles. The molecule has 0 bridgehead atoms. The predicted molar refractivity (Wildman–Crippen MR) is 117 cm³/mol. The van der Waals surface area contributed by atoms with Crippen LogP contribution in [0.25, 0.3) is 0 Å². The number of likely N-dealkylation sites (tertiary alicyclic amines) is 1. The molecule has 1 heterocycles. The number of ether oxygens (including phenoxy) is 2. The van der Waals surface area contributed by atoms with E-state index < -0.39 is 23.9 Å². The second kappa shape index (κ2) is 10.3. The van der Waals surface area contributed by atoms with Gasteiger partial charge in [0.1, 0.15) is 5.75 Å². The maximum absolute atomic E-state index is 13.0. The number of amides is 2. The first-order chi connectivity index (χ1) is 14.9. The van der Waals surface area contributed by atoms with Crippen LogP contribution in [0.5, 0.6) is 5.75 Å². The standard InChI is InChI=1S/C23H25ClN2O5/c1-15(27)26-12-6-9-17(14-26)23(29)31-21(16-7-4-3-5-8-16)22(28)25-18-10-11-20(30-2)19(24)13-18/h3-5,7-8,10-11,13,17,21H,6,9,12,14H2,1-2H3,(H,25,28)/t17-,21-/m0/s1. The molecule has 2 atom stereocenters. The van der Waals surface area contributed by atoms with E-state index in [0.717, 1.165) is 0 Å². The Morgan fingerprint density at radius 1 is 1.16 bits per heavy atom. The number of nitrogens with zero attached hydrogens (tertiary/aromatic N) is 1. The molecule has 0 aliphatic carbocycles. The number of anilines is 1. The van der Waals surface area contributed by atoms with Crippen molar-refractivity contribution < 1.29 is 23.9 Å². The van der Waals surface area contributed by atoms with Gasteiger partial charge >= 0.3 is 5.97 Å². The monoisotopic (exact) mass is 444 g/mol. The lowest BCUT2D eigenvalue weighted by Gasteiger charge is -2.31. The van der Waals surface area contributed by atoms with Crippen molar-refractivity contribution in [3.63, 3.8) is 0 Å². The number of rotatable bonds is 6. The van der Waals surface area contributed by atoms with Crippen molar-refractivity contribution in [1.29, 1.82) is 0 Å². The molecule has 1 aliphatic rings. The van der Waals surface area contributed by atoms with Gasteiger partial charge in [-0.25, -0.2) is 0 Å². The Balaban J connectivity index is 1.77. The fourth-order valence-electron chi connectivity index (χ4n) is 3.52. The molecule has 1 N–H and O–H groups in total. The van der Waals surface area contributed by atoms with Gasteiger partial charge in [0.2, 0.25) is 12.0 Å². The molecule has 0 saturated carbocycles. The number of carbonyl (C=O) groups excluding carboxylic acids is 3. The van der Waals surface area contributed by atoms with Gasteiger partial charge in [0.05, 0.1) is 18.1 Å². The highest BCUT2D eigenvalue weighted by atomic mass is 35.5. The molecule has 3 rings (SSSR count). The van der Waals surface area contributed by atoms with Crippen molar-refractivity contribution in [2.75, 3.05) is 25.5 Å². The molecule has 7 nitrogen and oxygen atoms in total. The molecule has 0 radical (unpaired) electrons. The van der Waals surface area contributed by atoms with E-state index in [2.05, 4.69) is 5.32 Å². The zero-order valence-corrected chi connectivity index (χ0v) is 18.2. The lowest BCUT2D eigenvalue weighted by atomic mass is 9.98. The molecule has 8 heteroatoms. The minimum absolute atomic E-state index is 0.0776. The first kappa shape index (κ1) is 22.6. The summed E-state index contributed by atoms with van der Waals surface area (Å²) in [4.78, 5) is 39.2. The van der Waals surface area contributed by atoms with Crippen LogP contribution in [0.1, 0.15) is 31.4 Å². The fourth-order valence-corrected chi connectivity index (χ4v) is 3.78. The summed E-state index contributed by atoms with van der Waals surface area (Å²) >= 11 is 6.14. The zero-order chi connectivity index (χ0) is 22.4. The predicted octanol–water partition coefficient (Wildman–Crippen LogP) is 3.83.